The molecular formula is C27H28N2O2S. The zero-order chi connectivity index (χ0) is 22.6. The van der Waals surface area contributed by atoms with Crippen LogP contribution in [-0.4, -0.2) is 29.7 Å². The molecular weight excluding hydrogens is 416 g/mol. The van der Waals surface area contributed by atoms with Crippen molar-refractivity contribution in [3.63, 3.8) is 0 Å². The first-order valence-electron chi connectivity index (χ1n) is 10.9. The lowest BCUT2D eigenvalue weighted by Gasteiger charge is -2.38. The lowest BCUT2D eigenvalue weighted by Crippen LogP contribution is -2.64. The predicted octanol–water partition coefficient (Wildman–Crippen LogP) is 4.35. The first-order chi connectivity index (χ1) is 15.5. The van der Waals surface area contributed by atoms with E-state index in [9.17, 15) is 9.59 Å². The molecule has 164 valence electrons. The molecule has 3 aromatic rings. The number of thioether (sulfide) groups is 1. The molecule has 0 spiro atoms. The number of hydrogen-bond donors (Lipinski definition) is 2. The van der Waals surface area contributed by atoms with Crippen LogP contribution >= 0.6 is 11.8 Å². The lowest BCUT2D eigenvalue weighted by atomic mass is 9.84. The minimum Gasteiger partial charge on any atom is -0.342 e. The summed E-state index contributed by atoms with van der Waals surface area (Å²) in [5.74, 6) is 0.250. The van der Waals surface area contributed by atoms with Crippen LogP contribution in [0.5, 0.6) is 0 Å². The Morgan fingerprint density at radius 3 is 1.56 bits per heavy atom. The fraction of sp³-hybridized carbons (Fsp3) is 0.259. The zero-order valence-electron chi connectivity index (χ0n) is 18.3. The van der Waals surface area contributed by atoms with Gasteiger partial charge in [-0.3, -0.25) is 9.59 Å². The van der Waals surface area contributed by atoms with E-state index in [0.29, 0.717) is 5.75 Å². The quantitative estimate of drug-likeness (QED) is 0.533. The Balaban J connectivity index is 1.74. The molecule has 1 fully saturated rings. The second-order valence-corrected chi connectivity index (χ2v) is 9.62. The third-order valence-corrected chi connectivity index (χ3v) is 7.53. The van der Waals surface area contributed by atoms with E-state index in [4.69, 9.17) is 0 Å². The molecule has 1 aliphatic rings. The van der Waals surface area contributed by atoms with Gasteiger partial charge in [-0.05, 0) is 22.6 Å². The topological polar surface area (TPSA) is 58.2 Å². The van der Waals surface area contributed by atoms with Crippen molar-refractivity contribution in [3.8, 4) is 0 Å². The van der Waals surface area contributed by atoms with E-state index in [0.717, 1.165) is 16.7 Å². The molecule has 2 atom stereocenters. The van der Waals surface area contributed by atoms with Gasteiger partial charge in [0.1, 0.15) is 12.1 Å². The van der Waals surface area contributed by atoms with Gasteiger partial charge in [0.2, 0.25) is 11.8 Å². The first-order valence-corrected chi connectivity index (χ1v) is 11.9. The van der Waals surface area contributed by atoms with Gasteiger partial charge in [0.15, 0.2) is 0 Å². The third kappa shape index (κ3) is 4.30. The predicted molar refractivity (Wildman–Crippen MR) is 130 cm³/mol. The second kappa shape index (κ2) is 9.61. The van der Waals surface area contributed by atoms with Crippen LogP contribution < -0.4 is 10.6 Å². The molecule has 1 aliphatic heterocycles. The van der Waals surface area contributed by atoms with Crippen molar-refractivity contribution in [2.45, 2.75) is 30.7 Å². The molecule has 2 amide bonds. The van der Waals surface area contributed by atoms with Crippen molar-refractivity contribution >= 4 is 23.6 Å². The van der Waals surface area contributed by atoms with Crippen molar-refractivity contribution in [1.29, 1.82) is 0 Å². The number of benzene rings is 3. The van der Waals surface area contributed by atoms with Crippen molar-refractivity contribution in [2.75, 3.05) is 5.75 Å². The van der Waals surface area contributed by atoms with Gasteiger partial charge in [-0.1, -0.05) is 105 Å². The van der Waals surface area contributed by atoms with Crippen molar-refractivity contribution in [1.82, 2.24) is 10.6 Å². The minimum atomic E-state index is -0.585. The molecule has 5 heteroatoms. The zero-order valence-corrected chi connectivity index (χ0v) is 19.1. The molecule has 3 aromatic carbocycles. The number of rotatable bonds is 7. The van der Waals surface area contributed by atoms with Gasteiger partial charge in [0.25, 0.3) is 0 Å². The summed E-state index contributed by atoms with van der Waals surface area (Å²) in [5, 5.41) is 5.86. The van der Waals surface area contributed by atoms with Crippen molar-refractivity contribution in [3.05, 3.63) is 108 Å². The Bertz CT molecular complexity index is 958. The number of hydrogen-bond acceptors (Lipinski definition) is 3. The monoisotopic (exact) mass is 444 g/mol. The van der Waals surface area contributed by atoms with Crippen LogP contribution in [0.4, 0.5) is 0 Å². The van der Waals surface area contributed by atoms with E-state index in [1.54, 1.807) is 11.8 Å². The minimum absolute atomic E-state index is 0.0459. The number of amides is 2. The van der Waals surface area contributed by atoms with Gasteiger partial charge >= 0.3 is 0 Å². The Morgan fingerprint density at radius 2 is 1.16 bits per heavy atom. The van der Waals surface area contributed by atoms with Gasteiger partial charge in [0, 0.05) is 5.75 Å². The molecule has 4 nitrogen and oxygen atoms in total. The van der Waals surface area contributed by atoms with Crippen LogP contribution in [-0.2, 0) is 14.3 Å². The summed E-state index contributed by atoms with van der Waals surface area (Å²) in [6.45, 7) is 3.87. The Hall–Kier alpha value is -3.05. The maximum Gasteiger partial charge on any atom is 0.244 e. The SMILES string of the molecule is CC(C)[C@H]1NC(=O)[C@H](CSC(c2ccccc2)(c2ccccc2)c2ccccc2)NC1=O. The van der Waals surface area contributed by atoms with Crippen molar-refractivity contribution in [2.24, 2.45) is 5.92 Å². The number of nitrogens with one attached hydrogen (secondary N) is 2. The Kier molecular flexibility index (Phi) is 6.66. The highest BCUT2D eigenvalue weighted by Gasteiger charge is 2.40. The van der Waals surface area contributed by atoms with E-state index < -0.39 is 16.8 Å². The highest BCUT2D eigenvalue weighted by molar-refractivity contribution is 8.00. The molecule has 1 heterocycles. The summed E-state index contributed by atoms with van der Waals surface area (Å²) in [4.78, 5) is 25.4. The maximum absolute atomic E-state index is 12.8. The van der Waals surface area contributed by atoms with Crippen LogP contribution in [0.25, 0.3) is 0 Å². The summed E-state index contributed by atoms with van der Waals surface area (Å²) in [6, 6.07) is 30.0. The molecule has 0 radical (unpaired) electrons. The van der Waals surface area contributed by atoms with Crippen LogP contribution in [0.2, 0.25) is 0 Å². The molecule has 0 aromatic heterocycles. The number of piperazine rings is 1. The molecule has 2 N–H and O–H groups in total. The first kappa shape index (κ1) is 22.2. The molecule has 0 bridgehead atoms. The molecule has 0 aliphatic carbocycles. The molecule has 1 saturated heterocycles. The average Bonchev–Trinajstić information content (AvgIpc) is 2.83. The molecule has 4 rings (SSSR count). The van der Waals surface area contributed by atoms with Crippen LogP contribution in [0.1, 0.15) is 30.5 Å². The summed E-state index contributed by atoms with van der Waals surface area (Å²) >= 11 is 1.67. The summed E-state index contributed by atoms with van der Waals surface area (Å²) < 4.78 is -0.524. The van der Waals surface area contributed by atoms with E-state index in [1.807, 2.05) is 68.4 Å². The van der Waals surface area contributed by atoms with Gasteiger partial charge in [0.05, 0.1) is 4.75 Å². The van der Waals surface area contributed by atoms with Gasteiger partial charge in [-0.15, -0.1) is 11.8 Å². The van der Waals surface area contributed by atoms with E-state index >= 15 is 0 Å². The van der Waals surface area contributed by atoms with Gasteiger partial charge in [-0.2, -0.15) is 0 Å². The maximum atomic E-state index is 12.8. The highest BCUT2D eigenvalue weighted by atomic mass is 32.2. The average molecular weight is 445 g/mol. The van der Waals surface area contributed by atoms with Crippen LogP contribution in [0.15, 0.2) is 91.0 Å². The largest absolute Gasteiger partial charge is 0.342 e. The third-order valence-electron chi connectivity index (χ3n) is 5.89. The summed E-state index contributed by atoms with van der Waals surface area (Å²) in [5.41, 5.74) is 3.39. The van der Waals surface area contributed by atoms with E-state index in [2.05, 4.69) is 47.0 Å². The lowest BCUT2D eigenvalue weighted by molar-refractivity contribution is -0.137. The van der Waals surface area contributed by atoms with Crippen molar-refractivity contribution < 1.29 is 9.59 Å². The molecule has 0 saturated carbocycles. The Labute approximate surface area is 193 Å². The number of carbonyl (C=O) groups is 2. The standard InChI is InChI=1S/C27H28N2O2S/c1-19(2)24-26(31)28-23(25(30)29-24)18-32-27(20-12-6-3-7-13-20,21-14-8-4-9-15-21)22-16-10-5-11-17-22/h3-17,19,23-24H,18H2,1-2H3,(H,28,31)(H,29,30)/t23-,24+/m0/s1. The fourth-order valence-corrected chi connectivity index (χ4v) is 5.77. The fourth-order valence-electron chi connectivity index (χ4n) is 4.21. The smallest absolute Gasteiger partial charge is 0.244 e. The second-order valence-electron chi connectivity index (χ2n) is 8.38. The Morgan fingerprint density at radius 1 is 0.719 bits per heavy atom. The van der Waals surface area contributed by atoms with E-state index in [-0.39, 0.29) is 17.7 Å². The summed E-state index contributed by atoms with van der Waals surface area (Å²) in [6.07, 6.45) is 0. The van der Waals surface area contributed by atoms with Gasteiger partial charge < -0.3 is 10.6 Å². The normalized spacial score (nSPS) is 18.8. The van der Waals surface area contributed by atoms with E-state index in [1.165, 1.54) is 0 Å². The molecule has 0 unspecified atom stereocenters. The van der Waals surface area contributed by atoms with Crippen LogP contribution in [0, 0.1) is 5.92 Å². The molecule has 32 heavy (non-hydrogen) atoms. The van der Waals surface area contributed by atoms with Crippen LogP contribution in [0.3, 0.4) is 0 Å². The summed E-state index contributed by atoms with van der Waals surface area (Å²) in [7, 11) is 0. The highest BCUT2D eigenvalue weighted by Crippen LogP contribution is 2.48. The number of carbonyl (C=O) groups excluding carboxylic acids is 2. The van der Waals surface area contributed by atoms with Gasteiger partial charge in [-0.25, -0.2) is 0 Å².